The van der Waals surface area contributed by atoms with E-state index in [2.05, 4.69) is 15.4 Å². The summed E-state index contributed by atoms with van der Waals surface area (Å²) in [6.45, 7) is 0. The fourth-order valence-corrected chi connectivity index (χ4v) is 2.71. The summed E-state index contributed by atoms with van der Waals surface area (Å²) in [6.07, 6.45) is 0. The Bertz CT molecular complexity index is 1110. The summed E-state index contributed by atoms with van der Waals surface area (Å²) in [6, 6.07) is 19.5. The fourth-order valence-electron chi connectivity index (χ4n) is 2.71. The summed E-state index contributed by atoms with van der Waals surface area (Å²) in [5, 5.41) is 7.44. The van der Waals surface area contributed by atoms with Crippen LogP contribution < -0.4 is 11.1 Å². The number of halogens is 1. The average molecular weight is 347 g/mol. The van der Waals surface area contributed by atoms with Crippen LogP contribution in [0.4, 0.5) is 16.0 Å². The second-order valence-corrected chi connectivity index (χ2v) is 5.67. The highest BCUT2D eigenvalue weighted by Crippen LogP contribution is 2.22. The largest absolute Gasteiger partial charge is 0.366 e. The smallest absolute Gasteiger partial charge is 0.251 e. The second kappa shape index (κ2) is 6.29. The quantitative estimate of drug-likeness (QED) is 0.593. The van der Waals surface area contributed by atoms with Crippen LogP contribution in [-0.4, -0.2) is 20.5 Å². The van der Waals surface area contributed by atoms with Crippen LogP contribution in [0.15, 0.2) is 66.7 Å². The van der Waals surface area contributed by atoms with Crippen LogP contribution in [0.25, 0.3) is 16.9 Å². The van der Waals surface area contributed by atoms with E-state index in [0.717, 1.165) is 11.3 Å². The molecule has 2 heterocycles. The molecule has 1 amide bonds. The Balaban J connectivity index is 1.73. The monoisotopic (exact) mass is 347 g/mol. The molecule has 128 valence electrons. The van der Waals surface area contributed by atoms with Gasteiger partial charge in [0.05, 0.1) is 11.3 Å². The minimum atomic E-state index is -0.833. The van der Waals surface area contributed by atoms with Gasteiger partial charge in [-0.05, 0) is 30.3 Å². The first-order valence-electron chi connectivity index (χ1n) is 7.89. The van der Waals surface area contributed by atoms with Crippen LogP contribution in [0, 0.1) is 5.82 Å². The Hall–Kier alpha value is -3.74. The fraction of sp³-hybridized carbons (Fsp3) is 0. The summed E-state index contributed by atoms with van der Waals surface area (Å²) in [7, 11) is 0. The number of nitrogens with one attached hydrogen (secondary N) is 1. The lowest BCUT2D eigenvalue weighted by atomic mass is 10.1. The molecule has 6 nitrogen and oxygen atoms in total. The normalized spacial score (nSPS) is 10.8. The van der Waals surface area contributed by atoms with Gasteiger partial charge in [-0.15, -0.1) is 5.10 Å². The SMILES string of the molecule is NC(=O)c1cc(Nc2nc3cccc(-c4ccccc4)n3n2)ccc1F. The molecule has 2 aromatic heterocycles. The number of nitrogens with zero attached hydrogens (tertiary/aromatic N) is 3. The number of nitrogens with two attached hydrogens (primary N) is 1. The standard InChI is InChI=1S/C19H14FN5O/c20-15-10-9-13(11-14(15)18(21)26)22-19-23-17-8-4-7-16(25(17)24-19)12-5-2-1-3-6-12/h1-11H,(H2,21,26)(H,22,24). The number of hydrogen-bond donors (Lipinski definition) is 2. The molecule has 0 spiro atoms. The molecule has 0 saturated carbocycles. The van der Waals surface area contributed by atoms with Crippen molar-refractivity contribution in [3.05, 3.63) is 78.1 Å². The number of aromatic nitrogens is 3. The third-order valence-electron chi connectivity index (χ3n) is 3.92. The molecular weight excluding hydrogens is 333 g/mol. The number of primary amides is 1. The van der Waals surface area contributed by atoms with E-state index < -0.39 is 11.7 Å². The Labute approximate surface area is 148 Å². The predicted octanol–water partition coefficient (Wildman–Crippen LogP) is 3.38. The first-order chi connectivity index (χ1) is 12.6. The highest BCUT2D eigenvalue weighted by molar-refractivity contribution is 5.94. The highest BCUT2D eigenvalue weighted by atomic mass is 19.1. The van der Waals surface area contributed by atoms with Crippen molar-refractivity contribution in [3.63, 3.8) is 0 Å². The topological polar surface area (TPSA) is 85.3 Å². The summed E-state index contributed by atoms with van der Waals surface area (Å²) >= 11 is 0. The molecule has 0 saturated heterocycles. The van der Waals surface area contributed by atoms with Crippen LogP contribution in [0.2, 0.25) is 0 Å². The number of carbonyl (C=O) groups is 1. The molecule has 0 unspecified atom stereocenters. The molecule has 0 aliphatic heterocycles. The van der Waals surface area contributed by atoms with Gasteiger partial charge in [0.15, 0.2) is 5.65 Å². The van der Waals surface area contributed by atoms with Crippen molar-refractivity contribution in [1.82, 2.24) is 14.6 Å². The van der Waals surface area contributed by atoms with Crippen molar-refractivity contribution >= 4 is 23.2 Å². The Morgan fingerprint density at radius 2 is 1.85 bits per heavy atom. The molecule has 4 aromatic rings. The van der Waals surface area contributed by atoms with Gasteiger partial charge in [0, 0.05) is 11.3 Å². The lowest BCUT2D eigenvalue weighted by Crippen LogP contribution is -2.13. The Morgan fingerprint density at radius 3 is 2.62 bits per heavy atom. The number of pyridine rings is 1. The number of carbonyl (C=O) groups excluding carboxylic acids is 1. The lowest BCUT2D eigenvalue weighted by Gasteiger charge is -2.04. The van der Waals surface area contributed by atoms with Crippen LogP contribution in [-0.2, 0) is 0 Å². The predicted molar refractivity (Wildman–Crippen MR) is 96.6 cm³/mol. The summed E-state index contributed by atoms with van der Waals surface area (Å²) in [5.41, 5.74) is 8.01. The Kier molecular flexibility index (Phi) is 3.81. The molecule has 0 aliphatic carbocycles. The lowest BCUT2D eigenvalue weighted by molar-refractivity contribution is 0.0996. The van der Waals surface area contributed by atoms with Crippen molar-refractivity contribution in [1.29, 1.82) is 0 Å². The number of benzene rings is 2. The molecule has 4 rings (SSSR count). The molecule has 0 bridgehead atoms. The first kappa shape index (κ1) is 15.8. The minimum Gasteiger partial charge on any atom is -0.366 e. The van der Waals surface area contributed by atoms with Gasteiger partial charge < -0.3 is 11.1 Å². The van der Waals surface area contributed by atoms with Crippen molar-refractivity contribution in [2.75, 3.05) is 5.32 Å². The zero-order chi connectivity index (χ0) is 18.1. The summed E-state index contributed by atoms with van der Waals surface area (Å²) < 4.78 is 15.3. The molecule has 3 N–H and O–H groups in total. The number of rotatable bonds is 4. The third kappa shape index (κ3) is 2.86. The zero-order valence-electron chi connectivity index (χ0n) is 13.6. The van der Waals surface area contributed by atoms with Gasteiger partial charge in [-0.2, -0.15) is 4.98 Å². The maximum Gasteiger partial charge on any atom is 0.251 e. The van der Waals surface area contributed by atoms with Crippen molar-refractivity contribution in [2.45, 2.75) is 0 Å². The number of amides is 1. The van der Waals surface area contributed by atoms with E-state index in [1.807, 2.05) is 48.5 Å². The third-order valence-corrected chi connectivity index (χ3v) is 3.92. The molecule has 0 fully saturated rings. The average Bonchev–Trinajstić information content (AvgIpc) is 3.06. The highest BCUT2D eigenvalue weighted by Gasteiger charge is 2.12. The van der Waals surface area contributed by atoms with E-state index >= 15 is 0 Å². The van der Waals surface area contributed by atoms with E-state index in [1.54, 1.807) is 4.52 Å². The van der Waals surface area contributed by atoms with Crippen LogP contribution in [0.3, 0.4) is 0 Å². The first-order valence-corrected chi connectivity index (χ1v) is 7.89. The van der Waals surface area contributed by atoms with Crippen LogP contribution >= 0.6 is 0 Å². The van der Waals surface area contributed by atoms with Crippen LogP contribution in [0.1, 0.15) is 10.4 Å². The van der Waals surface area contributed by atoms with Gasteiger partial charge in [-0.3, -0.25) is 4.79 Å². The minimum absolute atomic E-state index is 0.191. The summed E-state index contributed by atoms with van der Waals surface area (Å²) in [5.74, 6) is -1.17. The second-order valence-electron chi connectivity index (χ2n) is 5.67. The Morgan fingerprint density at radius 1 is 1.04 bits per heavy atom. The van der Waals surface area contributed by atoms with Crippen LogP contribution in [0.5, 0.6) is 0 Å². The maximum atomic E-state index is 13.6. The van der Waals surface area contributed by atoms with Gasteiger partial charge in [-0.25, -0.2) is 8.91 Å². The van der Waals surface area contributed by atoms with E-state index in [1.165, 1.54) is 18.2 Å². The van der Waals surface area contributed by atoms with E-state index in [0.29, 0.717) is 17.3 Å². The molecule has 7 heteroatoms. The molecule has 0 atom stereocenters. The van der Waals surface area contributed by atoms with E-state index in [-0.39, 0.29) is 5.56 Å². The number of fused-ring (bicyclic) bond motifs is 1. The van der Waals surface area contributed by atoms with Gasteiger partial charge in [-0.1, -0.05) is 36.4 Å². The van der Waals surface area contributed by atoms with Crippen molar-refractivity contribution < 1.29 is 9.18 Å². The van der Waals surface area contributed by atoms with Crippen molar-refractivity contribution in [3.8, 4) is 11.3 Å². The molecular formula is C19H14FN5O. The van der Waals surface area contributed by atoms with Gasteiger partial charge in [0.25, 0.3) is 5.91 Å². The van der Waals surface area contributed by atoms with Crippen molar-refractivity contribution in [2.24, 2.45) is 5.73 Å². The van der Waals surface area contributed by atoms with Gasteiger partial charge in [0.1, 0.15) is 5.82 Å². The van der Waals surface area contributed by atoms with Gasteiger partial charge in [0.2, 0.25) is 5.95 Å². The zero-order valence-corrected chi connectivity index (χ0v) is 13.6. The molecule has 0 aliphatic rings. The number of anilines is 2. The maximum absolute atomic E-state index is 13.6. The molecule has 0 radical (unpaired) electrons. The molecule has 26 heavy (non-hydrogen) atoms. The van der Waals surface area contributed by atoms with Gasteiger partial charge >= 0.3 is 0 Å². The molecule has 2 aromatic carbocycles. The van der Waals surface area contributed by atoms with E-state index in [4.69, 9.17) is 5.73 Å². The number of hydrogen-bond acceptors (Lipinski definition) is 4. The van der Waals surface area contributed by atoms with E-state index in [9.17, 15) is 9.18 Å². The summed E-state index contributed by atoms with van der Waals surface area (Å²) in [4.78, 5) is 15.7.